The van der Waals surface area contributed by atoms with Crippen LogP contribution >= 0.6 is 0 Å². The molecular formula is C11H21N3O. The Morgan fingerprint density at radius 1 is 1.47 bits per heavy atom. The van der Waals surface area contributed by atoms with Crippen molar-refractivity contribution in [3.8, 4) is 0 Å². The van der Waals surface area contributed by atoms with E-state index in [2.05, 4.69) is 15.5 Å². The number of rotatable bonds is 2. The van der Waals surface area contributed by atoms with Crippen molar-refractivity contribution < 1.29 is 4.79 Å². The van der Waals surface area contributed by atoms with E-state index in [0.717, 1.165) is 13.1 Å². The fourth-order valence-corrected chi connectivity index (χ4v) is 2.73. The summed E-state index contributed by atoms with van der Waals surface area (Å²) in [7, 11) is 2.04. The van der Waals surface area contributed by atoms with Gasteiger partial charge in [0.2, 0.25) is 5.91 Å². The molecule has 2 atom stereocenters. The summed E-state index contributed by atoms with van der Waals surface area (Å²) in [6.07, 6.45) is 5.02. The molecule has 1 saturated carbocycles. The second-order valence-corrected chi connectivity index (χ2v) is 4.63. The monoisotopic (exact) mass is 211 g/mol. The molecule has 1 aliphatic heterocycles. The predicted molar refractivity (Wildman–Crippen MR) is 59.7 cm³/mol. The Kier molecular flexibility index (Phi) is 3.59. The largest absolute Gasteiger partial charge is 0.354 e. The summed E-state index contributed by atoms with van der Waals surface area (Å²) < 4.78 is 0. The molecule has 0 aromatic rings. The number of nitrogens with zero attached hydrogens (tertiary/aromatic N) is 1. The molecule has 2 rings (SSSR count). The Morgan fingerprint density at radius 2 is 2.33 bits per heavy atom. The lowest BCUT2D eigenvalue weighted by atomic mass is 9.90. The molecule has 86 valence electrons. The molecule has 0 bridgehead atoms. The lowest BCUT2D eigenvalue weighted by molar-refractivity contribution is -0.125. The van der Waals surface area contributed by atoms with E-state index >= 15 is 0 Å². The van der Waals surface area contributed by atoms with E-state index in [9.17, 15) is 4.79 Å². The van der Waals surface area contributed by atoms with Crippen LogP contribution in [0.4, 0.5) is 0 Å². The maximum atomic E-state index is 11.3. The second kappa shape index (κ2) is 4.94. The zero-order valence-corrected chi connectivity index (χ0v) is 9.46. The highest BCUT2D eigenvalue weighted by Crippen LogP contribution is 2.23. The molecule has 0 radical (unpaired) electrons. The number of hydrogen-bond donors (Lipinski definition) is 2. The van der Waals surface area contributed by atoms with E-state index in [1.54, 1.807) is 0 Å². The van der Waals surface area contributed by atoms with E-state index in [0.29, 0.717) is 18.6 Å². The Hall–Kier alpha value is -0.610. The fraction of sp³-hybridized carbons (Fsp3) is 0.909. The van der Waals surface area contributed by atoms with Crippen molar-refractivity contribution in [2.45, 2.75) is 37.8 Å². The van der Waals surface area contributed by atoms with Crippen molar-refractivity contribution in [1.29, 1.82) is 0 Å². The minimum absolute atomic E-state index is 0.188. The molecule has 4 heteroatoms. The standard InChI is InChI=1S/C11H21N3O/c1-12-9-3-2-4-10(7-9)14-6-5-13-11(15)8-14/h9-10,12H,2-8H2,1H3,(H,13,15). The van der Waals surface area contributed by atoms with Crippen molar-refractivity contribution >= 4 is 5.91 Å². The van der Waals surface area contributed by atoms with Crippen molar-refractivity contribution in [2.24, 2.45) is 0 Å². The lowest BCUT2D eigenvalue weighted by Gasteiger charge is -2.39. The molecule has 1 aliphatic carbocycles. The fourth-order valence-electron chi connectivity index (χ4n) is 2.73. The SMILES string of the molecule is CNC1CCCC(N2CCNC(=O)C2)C1. The van der Waals surface area contributed by atoms with Gasteiger partial charge >= 0.3 is 0 Å². The Morgan fingerprint density at radius 3 is 3.07 bits per heavy atom. The zero-order valence-electron chi connectivity index (χ0n) is 9.46. The van der Waals surface area contributed by atoms with Gasteiger partial charge in [0.1, 0.15) is 0 Å². The topological polar surface area (TPSA) is 44.4 Å². The molecule has 1 saturated heterocycles. The molecular weight excluding hydrogens is 190 g/mol. The van der Waals surface area contributed by atoms with Crippen molar-refractivity contribution in [2.75, 3.05) is 26.7 Å². The number of carbonyl (C=O) groups excluding carboxylic acids is 1. The highest BCUT2D eigenvalue weighted by atomic mass is 16.2. The molecule has 2 N–H and O–H groups in total. The average molecular weight is 211 g/mol. The number of nitrogens with one attached hydrogen (secondary N) is 2. The van der Waals surface area contributed by atoms with Crippen LogP contribution in [0.1, 0.15) is 25.7 Å². The van der Waals surface area contributed by atoms with Gasteiger partial charge in [-0.1, -0.05) is 6.42 Å². The van der Waals surface area contributed by atoms with Gasteiger partial charge < -0.3 is 10.6 Å². The first kappa shape index (κ1) is 10.9. The first-order chi connectivity index (χ1) is 7.29. The van der Waals surface area contributed by atoms with Crippen molar-refractivity contribution in [1.82, 2.24) is 15.5 Å². The number of piperazine rings is 1. The van der Waals surface area contributed by atoms with Crippen LogP contribution in [-0.2, 0) is 4.79 Å². The van der Waals surface area contributed by atoms with Crippen LogP contribution in [0.25, 0.3) is 0 Å². The van der Waals surface area contributed by atoms with E-state index in [4.69, 9.17) is 0 Å². The maximum absolute atomic E-state index is 11.3. The van der Waals surface area contributed by atoms with Crippen molar-refractivity contribution in [3.63, 3.8) is 0 Å². The number of hydrogen-bond acceptors (Lipinski definition) is 3. The van der Waals surface area contributed by atoms with Crippen LogP contribution in [0, 0.1) is 0 Å². The third kappa shape index (κ3) is 2.69. The minimum Gasteiger partial charge on any atom is -0.354 e. The van der Waals surface area contributed by atoms with Gasteiger partial charge in [0.25, 0.3) is 0 Å². The summed E-state index contributed by atoms with van der Waals surface area (Å²) in [6.45, 7) is 2.44. The summed E-state index contributed by atoms with van der Waals surface area (Å²) in [5.41, 5.74) is 0. The van der Waals surface area contributed by atoms with Crippen LogP contribution in [0.15, 0.2) is 0 Å². The van der Waals surface area contributed by atoms with Gasteiger partial charge in [-0.25, -0.2) is 0 Å². The van der Waals surface area contributed by atoms with E-state index in [1.165, 1.54) is 25.7 Å². The van der Waals surface area contributed by atoms with Gasteiger partial charge in [-0.3, -0.25) is 9.69 Å². The Labute approximate surface area is 91.4 Å². The molecule has 0 aromatic heterocycles. The Bertz CT molecular complexity index is 232. The molecule has 0 aromatic carbocycles. The summed E-state index contributed by atoms with van der Waals surface area (Å²) in [5, 5.41) is 6.24. The minimum atomic E-state index is 0.188. The maximum Gasteiger partial charge on any atom is 0.234 e. The second-order valence-electron chi connectivity index (χ2n) is 4.63. The van der Waals surface area contributed by atoms with Crippen LogP contribution < -0.4 is 10.6 Å². The first-order valence-corrected chi connectivity index (χ1v) is 5.97. The highest BCUT2D eigenvalue weighted by Gasteiger charge is 2.28. The molecule has 1 heterocycles. The van der Waals surface area contributed by atoms with E-state index in [1.807, 2.05) is 7.05 Å². The smallest absolute Gasteiger partial charge is 0.234 e. The third-order valence-corrected chi connectivity index (χ3v) is 3.64. The summed E-state index contributed by atoms with van der Waals surface area (Å²) in [5.74, 6) is 0.188. The van der Waals surface area contributed by atoms with Crippen LogP contribution in [0.5, 0.6) is 0 Å². The molecule has 15 heavy (non-hydrogen) atoms. The lowest BCUT2D eigenvalue weighted by Crippen LogP contribution is -2.53. The molecule has 1 amide bonds. The van der Waals surface area contributed by atoms with Crippen LogP contribution in [0.3, 0.4) is 0 Å². The third-order valence-electron chi connectivity index (χ3n) is 3.64. The number of amides is 1. The molecule has 2 unspecified atom stereocenters. The first-order valence-electron chi connectivity index (χ1n) is 5.97. The molecule has 0 spiro atoms. The number of carbonyl (C=O) groups is 1. The van der Waals surface area contributed by atoms with Gasteiger partial charge in [-0.15, -0.1) is 0 Å². The average Bonchev–Trinajstić information content (AvgIpc) is 2.29. The van der Waals surface area contributed by atoms with Gasteiger partial charge in [0.05, 0.1) is 6.54 Å². The van der Waals surface area contributed by atoms with Crippen LogP contribution in [-0.4, -0.2) is 49.6 Å². The summed E-state index contributed by atoms with van der Waals surface area (Å²) >= 11 is 0. The zero-order chi connectivity index (χ0) is 10.7. The summed E-state index contributed by atoms with van der Waals surface area (Å²) in [4.78, 5) is 13.6. The van der Waals surface area contributed by atoms with E-state index in [-0.39, 0.29) is 5.91 Å². The van der Waals surface area contributed by atoms with Crippen molar-refractivity contribution in [3.05, 3.63) is 0 Å². The summed E-state index contributed by atoms with van der Waals surface area (Å²) in [6, 6.07) is 1.26. The molecule has 2 fully saturated rings. The van der Waals surface area contributed by atoms with Gasteiger partial charge in [-0.2, -0.15) is 0 Å². The highest BCUT2D eigenvalue weighted by molar-refractivity contribution is 5.78. The van der Waals surface area contributed by atoms with Gasteiger partial charge in [0, 0.05) is 25.2 Å². The quantitative estimate of drug-likeness (QED) is 0.673. The van der Waals surface area contributed by atoms with Gasteiger partial charge in [0.15, 0.2) is 0 Å². The van der Waals surface area contributed by atoms with E-state index < -0.39 is 0 Å². The normalized spacial score (nSPS) is 33.8. The Balaban J connectivity index is 1.88. The predicted octanol–water partition coefficient (Wildman–Crippen LogP) is -0.0512. The molecule has 2 aliphatic rings. The van der Waals surface area contributed by atoms with Crippen LogP contribution in [0.2, 0.25) is 0 Å². The molecule has 4 nitrogen and oxygen atoms in total. The van der Waals surface area contributed by atoms with Gasteiger partial charge in [-0.05, 0) is 26.3 Å².